The fourth-order valence-electron chi connectivity index (χ4n) is 2.33. The van der Waals surface area contributed by atoms with Crippen LogP contribution in [0.1, 0.15) is 66.2 Å². The monoisotopic (exact) mass is 412 g/mol. The van der Waals surface area contributed by atoms with Gasteiger partial charge in [0.25, 0.3) is 0 Å². The first-order valence-electron chi connectivity index (χ1n) is 10.1. The number of rotatable bonds is 14. The molecule has 0 spiro atoms. The van der Waals surface area contributed by atoms with Gasteiger partial charge < -0.3 is 18.9 Å². The minimum absolute atomic E-state index is 0.123. The van der Waals surface area contributed by atoms with Gasteiger partial charge in [-0.1, -0.05) is 37.6 Å². The van der Waals surface area contributed by atoms with Crippen LogP contribution in [0.3, 0.4) is 0 Å². The van der Waals surface area contributed by atoms with Gasteiger partial charge in [-0.25, -0.2) is 9.59 Å². The molecule has 0 radical (unpaired) electrons. The second-order valence-corrected chi connectivity index (χ2v) is 7.07. The van der Waals surface area contributed by atoms with Crippen LogP contribution in [-0.2, 0) is 28.5 Å². The summed E-state index contributed by atoms with van der Waals surface area (Å²) in [7, 11) is 1.15. The standard InChI is InChI=1S/C22H36O7/c1-6-7-8-9-14-28-22(25)29-19(21(24)26-5)16-20(23)27-15-13-18(4)12-10-11-17(2)3/h7-8,11,18-19H,6,9-10,12-16H2,1-5H3/b8-7-. The molecule has 0 rings (SSSR count). The molecular weight excluding hydrogens is 376 g/mol. The maximum absolute atomic E-state index is 12.0. The third-order valence-electron chi connectivity index (χ3n) is 4.05. The van der Waals surface area contributed by atoms with Gasteiger partial charge in [0.2, 0.25) is 6.10 Å². The van der Waals surface area contributed by atoms with Gasteiger partial charge in [-0.2, -0.15) is 0 Å². The Labute approximate surface area is 174 Å². The Bertz CT molecular complexity index is 547. The van der Waals surface area contributed by atoms with Crippen molar-refractivity contribution in [1.29, 1.82) is 0 Å². The van der Waals surface area contributed by atoms with Gasteiger partial charge in [-0.3, -0.25) is 4.79 Å². The van der Waals surface area contributed by atoms with E-state index in [2.05, 4.69) is 31.6 Å². The molecule has 0 aliphatic rings. The van der Waals surface area contributed by atoms with Crippen molar-refractivity contribution >= 4 is 18.1 Å². The van der Waals surface area contributed by atoms with Gasteiger partial charge in [0.1, 0.15) is 0 Å². The molecule has 2 unspecified atom stereocenters. The van der Waals surface area contributed by atoms with E-state index >= 15 is 0 Å². The summed E-state index contributed by atoms with van der Waals surface area (Å²) < 4.78 is 19.6. The number of hydrogen-bond donors (Lipinski definition) is 0. The summed E-state index contributed by atoms with van der Waals surface area (Å²) in [6, 6.07) is 0. The van der Waals surface area contributed by atoms with Crippen molar-refractivity contribution in [3.8, 4) is 0 Å². The van der Waals surface area contributed by atoms with E-state index in [9.17, 15) is 14.4 Å². The van der Waals surface area contributed by atoms with E-state index in [-0.39, 0.29) is 13.2 Å². The number of allylic oxidation sites excluding steroid dienone is 3. The summed E-state index contributed by atoms with van der Waals surface area (Å²) in [6.07, 6.45) is 7.34. The zero-order valence-electron chi connectivity index (χ0n) is 18.4. The van der Waals surface area contributed by atoms with Crippen LogP contribution < -0.4 is 0 Å². The molecule has 166 valence electrons. The molecule has 7 nitrogen and oxygen atoms in total. The van der Waals surface area contributed by atoms with Crippen LogP contribution >= 0.6 is 0 Å². The van der Waals surface area contributed by atoms with E-state index in [0.717, 1.165) is 32.8 Å². The topological polar surface area (TPSA) is 88.1 Å². The average Bonchev–Trinajstić information content (AvgIpc) is 2.66. The molecule has 0 bridgehead atoms. The lowest BCUT2D eigenvalue weighted by molar-refractivity contribution is -0.159. The van der Waals surface area contributed by atoms with Gasteiger partial charge in [-0.05, 0) is 51.9 Å². The van der Waals surface area contributed by atoms with E-state index in [4.69, 9.17) is 14.2 Å². The molecule has 2 atom stereocenters. The fraction of sp³-hybridized carbons (Fsp3) is 0.682. The molecule has 0 N–H and O–H groups in total. The second-order valence-electron chi connectivity index (χ2n) is 7.07. The Hall–Kier alpha value is -2.31. The predicted octanol–water partition coefficient (Wildman–Crippen LogP) is 4.74. The minimum Gasteiger partial charge on any atom is -0.466 e. The minimum atomic E-state index is -1.39. The SMILES string of the molecule is CC/C=C\CCOC(=O)OC(CC(=O)OCCC(C)CCC=C(C)C)C(=O)OC. The Morgan fingerprint density at radius 2 is 1.69 bits per heavy atom. The summed E-state index contributed by atoms with van der Waals surface area (Å²) >= 11 is 0. The van der Waals surface area contributed by atoms with Crippen LogP contribution in [0, 0.1) is 5.92 Å². The second kappa shape index (κ2) is 16.6. The molecule has 0 aromatic carbocycles. The summed E-state index contributed by atoms with van der Waals surface area (Å²) in [4.78, 5) is 35.5. The number of ether oxygens (including phenoxy) is 4. The van der Waals surface area contributed by atoms with Gasteiger partial charge in [-0.15, -0.1) is 0 Å². The van der Waals surface area contributed by atoms with E-state index < -0.39 is 30.6 Å². The van der Waals surface area contributed by atoms with Crippen molar-refractivity contribution in [3.05, 3.63) is 23.8 Å². The first-order valence-corrected chi connectivity index (χ1v) is 10.1. The first-order chi connectivity index (χ1) is 13.8. The third-order valence-corrected chi connectivity index (χ3v) is 4.05. The van der Waals surface area contributed by atoms with E-state index in [1.165, 1.54) is 5.57 Å². The van der Waals surface area contributed by atoms with Gasteiger partial charge >= 0.3 is 18.1 Å². The van der Waals surface area contributed by atoms with Crippen LogP contribution in [-0.4, -0.2) is 44.5 Å². The van der Waals surface area contributed by atoms with Crippen LogP contribution in [0.2, 0.25) is 0 Å². The Morgan fingerprint density at radius 3 is 2.31 bits per heavy atom. The molecule has 0 fully saturated rings. The largest absolute Gasteiger partial charge is 0.509 e. The zero-order valence-corrected chi connectivity index (χ0v) is 18.4. The molecule has 0 aromatic rings. The average molecular weight is 413 g/mol. The number of carbonyl (C=O) groups excluding carboxylic acids is 3. The molecule has 0 aliphatic heterocycles. The zero-order chi connectivity index (χ0) is 22.1. The number of methoxy groups -OCH3 is 1. The molecule has 0 heterocycles. The van der Waals surface area contributed by atoms with Crippen LogP contribution in [0.4, 0.5) is 4.79 Å². The fourth-order valence-corrected chi connectivity index (χ4v) is 2.33. The molecule has 0 saturated heterocycles. The normalized spacial score (nSPS) is 12.7. The van der Waals surface area contributed by atoms with Gasteiger partial charge in [0.15, 0.2) is 0 Å². The summed E-state index contributed by atoms with van der Waals surface area (Å²) in [5.41, 5.74) is 1.29. The lowest BCUT2D eigenvalue weighted by Crippen LogP contribution is -2.32. The van der Waals surface area contributed by atoms with E-state index in [1.54, 1.807) is 0 Å². The van der Waals surface area contributed by atoms with Crippen molar-refractivity contribution < 1.29 is 33.3 Å². The highest BCUT2D eigenvalue weighted by molar-refractivity contribution is 5.83. The number of esters is 2. The molecular formula is C22H36O7. The number of carbonyl (C=O) groups is 3. The number of hydrogen-bond acceptors (Lipinski definition) is 7. The van der Waals surface area contributed by atoms with Gasteiger partial charge in [0.05, 0.1) is 26.7 Å². The third kappa shape index (κ3) is 15.3. The smallest absolute Gasteiger partial charge is 0.466 e. The molecule has 29 heavy (non-hydrogen) atoms. The van der Waals surface area contributed by atoms with Crippen LogP contribution in [0.5, 0.6) is 0 Å². The molecule has 7 heteroatoms. The maximum atomic E-state index is 12.0. The highest BCUT2D eigenvalue weighted by Gasteiger charge is 2.28. The summed E-state index contributed by atoms with van der Waals surface area (Å²) in [5.74, 6) is -1.06. The highest BCUT2D eigenvalue weighted by atomic mass is 16.7. The van der Waals surface area contributed by atoms with E-state index in [0.29, 0.717) is 12.3 Å². The molecule has 0 amide bonds. The van der Waals surface area contributed by atoms with Gasteiger partial charge in [0, 0.05) is 0 Å². The molecule has 0 aliphatic carbocycles. The molecule has 0 aromatic heterocycles. The lowest BCUT2D eigenvalue weighted by atomic mass is 10.0. The summed E-state index contributed by atoms with van der Waals surface area (Å²) in [5, 5.41) is 0. The van der Waals surface area contributed by atoms with Crippen LogP contribution in [0.25, 0.3) is 0 Å². The quantitative estimate of drug-likeness (QED) is 0.176. The maximum Gasteiger partial charge on any atom is 0.509 e. The summed E-state index contributed by atoms with van der Waals surface area (Å²) in [6.45, 7) is 8.59. The van der Waals surface area contributed by atoms with Crippen molar-refractivity contribution in [1.82, 2.24) is 0 Å². The Kier molecular flexibility index (Phi) is 15.3. The van der Waals surface area contributed by atoms with Crippen LogP contribution in [0.15, 0.2) is 23.8 Å². The highest BCUT2D eigenvalue weighted by Crippen LogP contribution is 2.13. The van der Waals surface area contributed by atoms with Crippen molar-refractivity contribution in [2.75, 3.05) is 20.3 Å². The van der Waals surface area contributed by atoms with Crippen molar-refractivity contribution in [3.63, 3.8) is 0 Å². The lowest BCUT2D eigenvalue weighted by Gasteiger charge is -2.15. The first kappa shape index (κ1) is 26.7. The van der Waals surface area contributed by atoms with Crippen molar-refractivity contribution in [2.45, 2.75) is 72.3 Å². The Balaban J connectivity index is 4.29. The Morgan fingerprint density at radius 1 is 0.966 bits per heavy atom. The predicted molar refractivity (Wildman–Crippen MR) is 110 cm³/mol. The molecule has 0 saturated carbocycles. The van der Waals surface area contributed by atoms with Crippen molar-refractivity contribution in [2.24, 2.45) is 5.92 Å². The van der Waals surface area contributed by atoms with E-state index in [1.807, 2.05) is 19.1 Å².